The smallest absolute Gasteiger partial charge is 0.411 e. The number of aromatic amines is 2. The van der Waals surface area contributed by atoms with E-state index in [2.05, 4.69) is 27.4 Å². The molecule has 14 nitrogen and oxygen atoms in total. The lowest BCUT2D eigenvalue weighted by atomic mass is 10.0. The number of imidazole rings is 2. The second-order valence-electron chi connectivity index (χ2n) is 19.6. The first-order valence-electron chi connectivity index (χ1n) is 22.8. The molecule has 3 aliphatic heterocycles. The number of likely N-dealkylation sites (tertiary alicyclic amines) is 2. The van der Waals surface area contributed by atoms with Crippen LogP contribution in [0.2, 0.25) is 0 Å². The summed E-state index contributed by atoms with van der Waals surface area (Å²) in [6, 6.07) is 14.8. The lowest BCUT2D eigenvalue weighted by Crippen LogP contribution is -2.51. The molecule has 6 atom stereocenters. The molecule has 2 saturated heterocycles. The van der Waals surface area contributed by atoms with Gasteiger partial charge in [0.15, 0.2) is 5.82 Å². The summed E-state index contributed by atoms with van der Waals surface area (Å²) < 4.78 is 36.9. The lowest BCUT2D eigenvalue weighted by Gasteiger charge is -2.30. The monoisotopic (exact) mass is 900 g/mol. The first-order valence-corrected chi connectivity index (χ1v) is 23.6. The number of aromatic nitrogens is 5. The lowest BCUT2D eigenvalue weighted by molar-refractivity contribution is -0.135. The Morgan fingerprint density at radius 2 is 1.63 bits per heavy atom. The maximum absolute atomic E-state index is 17.4. The summed E-state index contributed by atoms with van der Waals surface area (Å²) in [5.74, 6) is 2.23. The van der Waals surface area contributed by atoms with Crippen molar-refractivity contribution in [1.29, 1.82) is 0 Å². The van der Waals surface area contributed by atoms with Crippen LogP contribution in [-0.2, 0) is 14.3 Å². The fourth-order valence-electron chi connectivity index (χ4n) is 10.1. The highest BCUT2D eigenvalue weighted by Gasteiger charge is 2.56. The summed E-state index contributed by atoms with van der Waals surface area (Å²) in [5.41, 5.74) is 4.25. The van der Waals surface area contributed by atoms with Crippen molar-refractivity contribution in [2.75, 3.05) is 13.7 Å². The Labute approximate surface area is 379 Å². The van der Waals surface area contributed by atoms with Gasteiger partial charge in [0.2, 0.25) is 12.1 Å². The zero-order valence-corrected chi connectivity index (χ0v) is 38.1. The highest BCUT2D eigenvalue weighted by molar-refractivity contribution is 7.12. The van der Waals surface area contributed by atoms with Crippen LogP contribution in [-0.4, -0.2) is 83.7 Å². The molecule has 11 rings (SSSR count). The van der Waals surface area contributed by atoms with Gasteiger partial charge >= 0.3 is 12.2 Å². The van der Waals surface area contributed by atoms with Gasteiger partial charge in [-0.2, -0.15) is 0 Å². The minimum atomic E-state index is -0.737. The number of ether oxygens (including phenoxy) is 3. The van der Waals surface area contributed by atoms with Gasteiger partial charge in [0.25, 0.3) is 0 Å². The van der Waals surface area contributed by atoms with Crippen LogP contribution in [0, 0.1) is 17.7 Å². The van der Waals surface area contributed by atoms with Gasteiger partial charge in [0.1, 0.15) is 29.0 Å². The van der Waals surface area contributed by atoms with E-state index in [4.69, 9.17) is 24.2 Å². The molecule has 5 aliphatic rings. The van der Waals surface area contributed by atoms with Crippen LogP contribution in [0.3, 0.4) is 0 Å². The van der Waals surface area contributed by atoms with Crippen LogP contribution in [0.5, 0.6) is 5.75 Å². The van der Waals surface area contributed by atoms with Crippen molar-refractivity contribution in [2.45, 2.75) is 115 Å². The molecule has 0 radical (unpaired) electrons. The van der Waals surface area contributed by atoms with Crippen molar-refractivity contribution < 1.29 is 33.0 Å². The predicted octanol–water partition coefficient (Wildman–Crippen LogP) is 10.2. The molecular formula is C49H53FN8O6S. The minimum Gasteiger partial charge on any atom is -0.464 e. The van der Waals surface area contributed by atoms with Gasteiger partial charge < -0.3 is 34.4 Å². The van der Waals surface area contributed by atoms with Gasteiger partial charge in [-0.1, -0.05) is 26.0 Å². The van der Waals surface area contributed by atoms with Crippen molar-refractivity contribution in [2.24, 2.45) is 11.8 Å². The SMILES string of the molecule is COC(=O)N[C@H](C(=O)N1CCC[C@H]1c1ncc(-c2ccc3c(c2)OC(c2ccc(C4CC4)s2)n2c-3c(F)c3cc(-c4cnc([C@@H]5C[C@H]6C[C@H]6N5C(=O)OC(C)(C)C)[nH]4)ccc32)[nH]1)C(C)C. The molecule has 2 aliphatic carbocycles. The number of hydrogen-bond donors (Lipinski definition) is 3. The summed E-state index contributed by atoms with van der Waals surface area (Å²) in [4.78, 5) is 61.7. The predicted molar refractivity (Wildman–Crippen MR) is 243 cm³/mol. The second kappa shape index (κ2) is 15.5. The molecule has 1 unspecified atom stereocenters. The second-order valence-corrected chi connectivity index (χ2v) is 20.7. The van der Waals surface area contributed by atoms with Crippen molar-refractivity contribution in [3.05, 3.63) is 88.1 Å². The summed E-state index contributed by atoms with van der Waals surface area (Å²) >= 11 is 1.72. The number of rotatable bonds is 9. The molecule has 2 saturated carbocycles. The number of halogens is 1. The van der Waals surface area contributed by atoms with E-state index in [-0.39, 0.29) is 41.9 Å². The molecule has 3 amide bonds. The Balaban J connectivity index is 0.918. The molecule has 0 spiro atoms. The van der Waals surface area contributed by atoms with E-state index < -0.39 is 24.0 Å². The van der Waals surface area contributed by atoms with Gasteiger partial charge in [-0.25, -0.2) is 23.9 Å². The maximum atomic E-state index is 17.4. The van der Waals surface area contributed by atoms with E-state index in [0.717, 1.165) is 53.1 Å². The Morgan fingerprint density at radius 1 is 0.923 bits per heavy atom. The van der Waals surface area contributed by atoms with E-state index in [1.165, 1.54) is 24.8 Å². The van der Waals surface area contributed by atoms with Crippen LogP contribution < -0.4 is 10.1 Å². The van der Waals surface area contributed by atoms with Crippen LogP contribution in [0.1, 0.15) is 119 Å². The summed E-state index contributed by atoms with van der Waals surface area (Å²) in [6.45, 7) is 9.96. The number of amides is 3. The van der Waals surface area contributed by atoms with Gasteiger partial charge in [-0.3, -0.25) is 14.3 Å². The van der Waals surface area contributed by atoms with E-state index in [1.807, 2.05) is 80.5 Å². The summed E-state index contributed by atoms with van der Waals surface area (Å²) in [7, 11) is 1.28. The molecule has 4 fully saturated rings. The topological polar surface area (TPSA) is 160 Å². The number of hydrogen-bond acceptors (Lipinski definition) is 9. The number of methoxy groups -OCH3 is 1. The molecule has 7 heterocycles. The molecule has 2 aromatic carbocycles. The van der Waals surface area contributed by atoms with Gasteiger partial charge in [-0.15, -0.1) is 11.3 Å². The molecule has 338 valence electrons. The third-order valence-electron chi connectivity index (χ3n) is 13.6. The number of nitrogens with zero attached hydrogens (tertiary/aromatic N) is 5. The van der Waals surface area contributed by atoms with Crippen LogP contribution in [0.15, 0.2) is 60.9 Å². The normalized spacial score (nSPS) is 22.7. The van der Waals surface area contributed by atoms with Crippen LogP contribution in [0.25, 0.3) is 44.7 Å². The zero-order chi connectivity index (χ0) is 45.1. The van der Waals surface area contributed by atoms with E-state index in [1.54, 1.807) is 28.6 Å². The molecule has 4 aromatic heterocycles. The van der Waals surface area contributed by atoms with Crippen molar-refractivity contribution in [3.63, 3.8) is 0 Å². The summed E-state index contributed by atoms with van der Waals surface area (Å²) in [6.07, 6.45) is 7.61. The number of piperidine rings is 1. The molecule has 3 N–H and O–H groups in total. The Hall–Kier alpha value is -6.16. The van der Waals surface area contributed by atoms with Crippen molar-refractivity contribution >= 4 is 40.3 Å². The third kappa shape index (κ3) is 7.33. The Bertz CT molecular complexity index is 2870. The van der Waals surface area contributed by atoms with E-state index in [0.29, 0.717) is 57.9 Å². The molecule has 65 heavy (non-hydrogen) atoms. The first-order chi connectivity index (χ1) is 31.2. The highest BCUT2D eigenvalue weighted by atomic mass is 32.1. The quantitative estimate of drug-likeness (QED) is 0.129. The maximum Gasteiger partial charge on any atom is 0.411 e. The number of H-pyrrole nitrogens is 2. The highest BCUT2D eigenvalue weighted by Crippen LogP contribution is 2.54. The molecule has 0 bridgehead atoms. The average molecular weight is 901 g/mol. The van der Waals surface area contributed by atoms with E-state index in [9.17, 15) is 14.4 Å². The minimum absolute atomic E-state index is 0.147. The largest absolute Gasteiger partial charge is 0.464 e. The zero-order valence-electron chi connectivity index (χ0n) is 37.3. The third-order valence-corrected chi connectivity index (χ3v) is 14.9. The fraction of sp³-hybridized carbons (Fsp3) is 0.449. The summed E-state index contributed by atoms with van der Waals surface area (Å²) in [5, 5.41) is 3.17. The molecule has 6 aromatic rings. The average Bonchev–Trinajstić information content (AvgIpc) is 3.76. The van der Waals surface area contributed by atoms with Crippen LogP contribution in [0.4, 0.5) is 14.0 Å². The number of carbonyl (C=O) groups is 3. The number of nitrogens with one attached hydrogen (secondary N) is 3. The number of carbonyl (C=O) groups excluding carboxylic acids is 3. The molecule has 16 heteroatoms. The number of alkyl carbamates (subject to hydrolysis) is 1. The van der Waals surface area contributed by atoms with Crippen molar-refractivity contribution in [1.82, 2.24) is 39.6 Å². The number of benzene rings is 2. The number of thiophene rings is 1. The fourth-order valence-corrected chi connectivity index (χ4v) is 11.3. The van der Waals surface area contributed by atoms with Gasteiger partial charge in [0.05, 0.1) is 59.1 Å². The van der Waals surface area contributed by atoms with E-state index >= 15 is 4.39 Å². The number of fused-ring (bicyclic) bond motifs is 6. The first kappa shape index (κ1) is 41.5. The standard InChI is InChI=1S/C49H53FN8O6S/c1-24(2)41(55-47(60)62-6)45(59)56-17-7-8-34(56)43-51-23-32(53-43)27-11-13-29-37(21-27)63-46(39-16-15-38(65-39)25-9-10-25)58-33-14-12-26(18-30(33)40(50)42(29)58)31-22-52-44(54-31)36-20-28-19-35(28)57(36)48(61)64-49(3,4)5/h11-16,18,21-25,28,34-36,41,46H,7-10,17,19-20H2,1-6H3,(H,51,53)(H,52,54)(H,55,60)/t28-,34+,35-,36+,41+,46?/m1/s1. The Morgan fingerprint density at radius 3 is 2.34 bits per heavy atom. The van der Waals surface area contributed by atoms with Crippen LogP contribution >= 0.6 is 11.3 Å². The van der Waals surface area contributed by atoms with Crippen molar-refractivity contribution in [3.8, 4) is 39.5 Å². The molecular weight excluding hydrogens is 848 g/mol. The Kier molecular flexibility index (Phi) is 9.90. The van der Waals surface area contributed by atoms with Gasteiger partial charge in [0, 0.05) is 39.5 Å². The van der Waals surface area contributed by atoms with Gasteiger partial charge in [-0.05, 0) is 113 Å².